The molecular weight excluding hydrogens is 369 g/mol. The Labute approximate surface area is 157 Å². The highest BCUT2D eigenvalue weighted by atomic mass is 32.1. The van der Waals surface area contributed by atoms with Crippen LogP contribution in [0.25, 0.3) is 5.76 Å². The number of halogens is 1. The van der Waals surface area contributed by atoms with Gasteiger partial charge in [0.05, 0.1) is 5.57 Å². The predicted octanol–water partition coefficient (Wildman–Crippen LogP) is 3.30. The molecule has 1 aliphatic rings. The van der Waals surface area contributed by atoms with Gasteiger partial charge in [0.2, 0.25) is 0 Å². The number of carbonyl (C=O) groups excluding carboxylic acids is 2. The Morgan fingerprint density at radius 2 is 1.85 bits per heavy atom. The Morgan fingerprint density at radius 1 is 1.11 bits per heavy atom. The largest absolute Gasteiger partial charge is 0.507 e. The van der Waals surface area contributed by atoms with Crippen LogP contribution in [-0.4, -0.2) is 26.8 Å². The molecule has 1 aliphatic heterocycles. The third-order valence-corrected chi connectivity index (χ3v) is 4.99. The van der Waals surface area contributed by atoms with Crippen LogP contribution in [0.1, 0.15) is 17.2 Å². The summed E-state index contributed by atoms with van der Waals surface area (Å²) in [4.78, 5) is 34.5. The normalized spacial score (nSPS) is 18.9. The molecule has 8 heteroatoms. The van der Waals surface area contributed by atoms with Crippen LogP contribution in [0.2, 0.25) is 0 Å². The van der Waals surface area contributed by atoms with Crippen LogP contribution in [0.3, 0.4) is 0 Å². The summed E-state index contributed by atoms with van der Waals surface area (Å²) in [7, 11) is 0. The van der Waals surface area contributed by atoms with Crippen LogP contribution in [0.4, 0.5) is 9.52 Å². The summed E-state index contributed by atoms with van der Waals surface area (Å²) in [6.07, 6.45) is 4.38. The molecule has 1 amide bonds. The maximum atomic E-state index is 14.6. The van der Waals surface area contributed by atoms with E-state index >= 15 is 0 Å². The first-order chi connectivity index (χ1) is 13.1. The van der Waals surface area contributed by atoms with E-state index in [-0.39, 0.29) is 22.0 Å². The highest BCUT2D eigenvalue weighted by Gasteiger charge is 2.48. The fourth-order valence-electron chi connectivity index (χ4n) is 3.02. The van der Waals surface area contributed by atoms with Gasteiger partial charge in [0, 0.05) is 35.1 Å². The van der Waals surface area contributed by atoms with Crippen molar-refractivity contribution in [1.29, 1.82) is 0 Å². The molecule has 1 atom stereocenters. The highest BCUT2D eigenvalue weighted by molar-refractivity contribution is 7.14. The van der Waals surface area contributed by atoms with Crippen molar-refractivity contribution < 1.29 is 19.1 Å². The number of hydrogen-bond acceptors (Lipinski definition) is 6. The first-order valence-electron chi connectivity index (χ1n) is 7.95. The van der Waals surface area contributed by atoms with Gasteiger partial charge in [0.25, 0.3) is 5.78 Å². The third kappa shape index (κ3) is 2.80. The number of carbonyl (C=O) groups is 2. The second-order valence-corrected chi connectivity index (χ2v) is 6.61. The number of aliphatic hydroxyl groups is 1. The smallest absolute Gasteiger partial charge is 0.301 e. The molecule has 2 aromatic heterocycles. The SMILES string of the molecule is O=C1C(=O)N(c2nccs2)C(c2ccccc2F)/C1=C(\O)c1ccncc1. The maximum absolute atomic E-state index is 14.6. The van der Waals surface area contributed by atoms with Crippen LogP contribution in [0.5, 0.6) is 0 Å². The number of hydrogen-bond donors (Lipinski definition) is 1. The second kappa shape index (κ2) is 6.73. The minimum Gasteiger partial charge on any atom is -0.507 e. The molecule has 134 valence electrons. The number of Topliss-reactive ketones (excluding diaryl/α,β-unsaturated/α-hetero) is 1. The Kier molecular flexibility index (Phi) is 4.25. The van der Waals surface area contributed by atoms with Gasteiger partial charge >= 0.3 is 5.91 Å². The van der Waals surface area contributed by atoms with E-state index in [1.807, 2.05) is 0 Å². The minimum atomic E-state index is -1.12. The quantitative estimate of drug-likeness (QED) is 0.428. The molecule has 0 radical (unpaired) electrons. The lowest BCUT2D eigenvalue weighted by molar-refractivity contribution is -0.132. The lowest BCUT2D eigenvalue weighted by Crippen LogP contribution is -2.29. The molecule has 27 heavy (non-hydrogen) atoms. The van der Waals surface area contributed by atoms with Crippen LogP contribution < -0.4 is 4.90 Å². The van der Waals surface area contributed by atoms with Gasteiger partial charge in [-0.05, 0) is 18.2 Å². The molecule has 1 aromatic carbocycles. The van der Waals surface area contributed by atoms with E-state index in [1.165, 1.54) is 48.9 Å². The summed E-state index contributed by atoms with van der Waals surface area (Å²) in [6, 6.07) is 7.72. The summed E-state index contributed by atoms with van der Waals surface area (Å²) in [6.45, 7) is 0. The number of thiazole rings is 1. The van der Waals surface area contributed by atoms with Gasteiger partial charge in [-0.25, -0.2) is 9.37 Å². The molecule has 6 nitrogen and oxygen atoms in total. The van der Waals surface area contributed by atoms with E-state index in [9.17, 15) is 19.1 Å². The lowest BCUT2D eigenvalue weighted by atomic mass is 9.95. The Hall–Kier alpha value is -3.39. The lowest BCUT2D eigenvalue weighted by Gasteiger charge is -2.23. The van der Waals surface area contributed by atoms with Crippen molar-refractivity contribution in [1.82, 2.24) is 9.97 Å². The average Bonchev–Trinajstić information content (AvgIpc) is 3.30. The number of benzene rings is 1. The monoisotopic (exact) mass is 381 g/mol. The van der Waals surface area contributed by atoms with Gasteiger partial charge in [0.1, 0.15) is 17.6 Å². The number of amides is 1. The van der Waals surface area contributed by atoms with E-state index in [0.717, 1.165) is 16.2 Å². The van der Waals surface area contributed by atoms with Gasteiger partial charge in [-0.3, -0.25) is 19.5 Å². The number of anilines is 1. The van der Waals surface area contributed by atoms with Gasteiger partial charge in [-0.15, -0.1) is 11.3 Å². The molecule has 1 N–H and O–H groups in total. The molecule has 0 bridgehead atoms. The van der Waals surface area contributed by atoms with Crippen molar-refractivity contribution in [2.45, 2.75) is 6.04 Å². The molecular formula is C19H12FN3O3S. The third-order valence-electron chi connectivity index (χ3n) is 4.22. The summed E-state index contributed by atoms with van der Waals surface area (Å²) >= 11 is 1.14. The van der Waals surface area contributed by atoms with Crippen molar-refractivity contribution in [3.05, 3.63) is 82.9 Å². The van der Waals surface area contributed by atoms with Gasteiger partial charge in [-0.1, -0.05) is 18.2 Å². The van der Waals surface area contributed by atoms with Crippen molar-refractivity contribution in [2.24, 2.45) is 0 Å². The number of nitrogens with zero attached hydrogens (tertiary/aromatic N) is 3. The Morgan fingerprint density at radius 3 is 2.52 bits per heavy atom. The molecule has 4 rings (SSSR count). The molecule has 1 saturated heterocycles. The first kappa shape index (κ1) is 17.0. The minimum absolute atomic E-state index is 0.0995. The molecule has 0 saturated carbocycles. The number of aliphatic hydroxyl groups excluding tert-OH is 1. The average molecular weight is 381 g/mol. The van der Waals surface area contributed by atoms with Crippen LogP contribution in [-0.2, 0) is 9.59 Å². The fraction of sp³-hybridized carbons (Fsp3) is 0.0526. The Bertz CT molecular complexity index is 1050. The zero-order valence-corrected chi connectivity index (χ0v) is 14.6. The predicted molar refractivity (Wildman–Crippen MR) is 97.5 cm³/mol. The van der Waals surface area contributed by atoms with Gasteiger partial charge in [0.15, 0.2) is 5.13 Å². The second-order valence-electron chi connectivity index (χ2n) is 5.74. The zero-order valence-electron chi connectivity index (χ0n) is 13.7. The van der Waals surface area contributed by atoms with E-state index in [0.29, 0.717) is 5.56 Å². The van der Waals surface area contributed by atoms with Crippen molar-refractivity contribution in [3.8, 4) is 0 Å². The number of ketones is 1. The zero-order chi connectivity index (χ0) is 19.0. The van der Waals surface area contributed by atoms with Crippen LogP contribution in [0, 0.1) is 5.82 Å². The van der Waals surface area contributed by atoms with Crippen molar-refractivity contribution in [3.63, 3.8) is 0 Å². The van der Waals surface area contributed by atoms with Crippen LogP contribution in [0.15, 0.2) is 65.9 Å². The highest BCUT2D eigenvalue weighted by Crippen LogP contribution is 2.43. The van der Waals surface area contributed by atoms with Crippen LogP contribution >= 0.6 is 11.3 Å². The first-order valence-corrected chi connectivity index (χ1v) is 8.83. The summed E-state index contributed by atoms with van der Waals surface area (Å²) in [5.41, 5.74) is 0.220. The summed E-state index contributed by atoms with van der Waals surface area (Å²) in [5.74, 6) is -2.74. The number of rotatable bonds is 3. The summed E-state index contributed by atoms with van der Waals surface area (Å²) in [5, 5.41) is 12.7. The van der Waals surface area contributed by atoms with Crippen molar-refractivity contribution >= 4 is 33.9 Å². The topological polar surface area (TPSA) is 83.4 Å². The fourth-order valence-corrected chi connectivity index (χ4v) is 3.69. The molecule has 3 heterocycles. The standard InChI is InChI=1S/C19H12FN3O3S/c20-13-4-2-1-3-12(13)15-14(16(24)11-5-7-21-8-6-11)17(25)18(26)23(15)19-22-9-10-27-19/h1-10,15,24H/b16-14+. The Balaban J connectivity index is 1.98. The van der Waals surface area contributed by atoms with E-state index in [2.05, 4.69) is 9.97 Å². The summed E-state index contributed by atoms with van der Waals surface area (Å²) < 4.78 is 14.6. The van der Waals surface area contributed by atoms with E-state index < -0.39 is 23.5 Å². The molecule has 3 aromatic rings. The number of aromatic nitrogens is 2. The molecule has 1 unspecified atom stereocenters. The molecule has 0 spiro atoms. The molecule has 1 fully saturated rings. The van der Waals surface area contributed by atoms with E-state index in [4.69, 9.17) is 0 Å². The molecule has 0 aliphatic carbocycles. The number of pyridine rings is 1. The maximum Gasteiger partial charge on any atom is 0.301 e. The van der Waals surface area contributed by atoms with Gasteiger partial charge < -0.3 is 5.11 Å². The van der Waals surface area contributed by atoms with Gasteiger partial charge in [-0.2, -0.15) is 0 Å². The van der Waals surface area contributed by atoms with E-state index in [1.54, 1.807) is 11.4 Å². The van der Waals surface area contributed by atoms with Crippen molar-refractivity contribution in [2.75, 3.05) is 4.90 Å².